The summed E-state index contributed by atoms with van der Waals surface area (Å²) in [7, 11) is 0. The maximum absolute atomic E-state index is 5.82. The molecule has 0 N–H and O–H groups in total. The third-order valence-electron chi connectivity index (χ3n) is 1.92. The van der Waals surface area contributed by atoms with Crippen molar-refractivity contribution in [1.29, 1.82) is 0 Å². The maximum Gasteiger partial charge on any atom is 0.146 e. The van der Waals surface area contributed by atoms with Gasteiger partial charge in [-0.05, 0) is 34.7 Å². The van der Waals surface area contributed by atoms with Gasteiger partial charge in [0.05, 0.1) is 4.47 Å². The van der Waals surface area contributed by atoms with Gasteiger partial charge in [-0.1, -0.05) is 11.6 Å². The molecule has 1 heterocycles. The van der Waals surface area contributed by atoms with Crippen molar-refractivity contribution in [2.45, 2.75) is 19.3 Å². The molecule has 0 unspecified atom stereocenters. The van der Waals surface area contributed by atoms with Crippen molar-refractivity contribution in [2.75, 3.05) is 0 Å². The standard InChI is InChI=1S/C8H8BrClN2/c9-6-4-11-7(12-8(6)10)3-5-1-2-5/h4-5H,1-3H2. The van der Waals surface area contributed by atoms with Crippen LogP contribution in [0.4, 0.5) is 0 Å². The van der Waals surface area contributed by atoms with E-state index in [1.165, 1.54) is 12.8 Å². The molecular formula is C8H8BrClN2. The molecule has 0 aliphatic heterocycles. The summed E-state index contributed by atoms with van der Waals surface area (Å²) in [5.74, 6) is 1.67. The normalized spacial score (nSPS) is 16.5. The lowest BCUT2D eigenvalue weighted by molar-refractivity contribution is 0.768. The Bertz CT molecular complexity index is 299. The minimum absolute atomic E-state index is 0.514. The molecule has 0 amide bonds. The zero-order valence-electron chi connectivity index (χ0n) is 6.43. The van der Waals surface area contributed by atoms with Gasteiger partial charge in [-0.25, -0.2) is 9.97 Å². The summed E-state index contributed by atoms with van der Waals surface area (Å²) >= 11 is 9.07. The fraction of sp³-hybridized carbons (Fsp3) is 0.500. The van der Waals surface area contributed by atoms with E-state index in [1.807, 2.05) is 0 Å². The first kappa shape index (κ1) is 8.45. The second-order valence-electron chi connectivity index (χ2n) is 3.07. The molecule has 1 aliphatic carbocycles. The zero-order valence-corrected chi connectivity index (χ0v) is 8.77. The molecule has 0 radical (unpaired) electrons. The fourth-order valence-electron chi connectivity index (χ4n) is 1.06. The summed E-state index contributed by atoms with van der Waals surface area (Å²) in [4.78, 5) is 8.34. The Morgan fingerprint density at radius 3 is 2.92 bits per heavy atom. The first-order valence-electron chi connectivity index (χ1n) is 3.92. The summed E-state index contributed by atoms with van der Waals surface area (Å²) in [5, 5.41) is 0.514. The monoisotopic (exact) mass is 246 g/mol. The minimum Gasteiger partial charge on any atom is -0.240 e. The van der Waals surface area contributed by atoms with Crippen LogP contribution in [0.15, 0.2) is 10.7 Å². The smallest absolute Gasteiger partial charge is 0.146 e. The van der Waals surface area contributed by atoms with E-state index in [0.29, 0.717) is 5.15 Å². The van der Waals surface area contributed by atoms with Gasteiger partial charge in [0.15, 0.2) is 0 Å². The highest BCUT2D eigenvalue weighted by Crippen LogP contribution is 2.32. The largest absolute Gasteiger partial charge is 0.240 e. The molecule has 12 heavy (non-hydrogen) atoms. The molecule has 0 aromatic carbocycles. The number of nitrogens with zero attached hydrogens (tertiary/aromatic N) is 2. The fourth-order valence-corrected chi connectivity index (χ4v) is 1.40. The van der Waals surface area contributed by atoms with Crippen LogP contribution in [-0.2, 0) is 6.42 Å². The first-order chi connectivity index (χ1) is 5.75. The van der Waals surface area contributed by atoms with Crippen molar-refractivity contribution in [2.24, 2.45) is 5.92 Å². The number of hydrogen-bond acceptors (Lipinski definition) is 2. The lowest BCUT2D eigenvalue weighted by Crippen LogP contribution is -1.96. The minimum atomic E-state index is 0.514. The maximum atomic E-state index is 5.82. The number of halogens is 2. The highest BCUT2D eigenvalue weighted by molar-refractivity contribution is 9.10. The number of aromatic nitrogens is 2. The van der Waals surface area contributed by atoms with Crippen molar-refractivity contribution >= 4 is 27.5 Å². The van der Waals surface area contributed by atoms with Gasteiger partial charge in [-0.2, -0.15) is 0 Å². The molecule has 64 valence electrons. The molecule has 1 aromatic rings. The van der Waals surface area contributed by atoms with Gasteiger partial charge >= 0.3 is 0 Å². The molecule has 0 saturated heterocycles. The topological polar surface area (TPSA) is 25.8 Å². The molecular weight excluding hydrogens is 239 g/mol. The predicted molar refractivity (Wildman–Crippen MR) is 51.2 cm³/mol. The third kappa shape index (κ3) is 1.96. The average molecular weight is 248 g/mol. The first-order valence-corrected chi connectivity index (χ1v) is 5.09. The molecule has 0 bridgehead atoms. The van der Waals surface area contributed by atoms with Crippen LogP contribution in [0.5, 0.6) is 0 Å². The Balaban J connectivity index is 2.15. The van der Waals surface area contributed by atoms with Crippen molar-refractivity contribution in [1.82, 2.24) is 9.97 Å². The van der Waals surface area contributed by atoms with Gasteiger partial charge in [-0.3, -0.25) is 0 Å². The van der Waals surface area contributed by atoms with Gasteiger partial charge in [0.25, 0.3) is 0 Å². The van der Waals surface area contributed by atoms with Crippen LogP contribution >= 0.6 is 27.5 Å². The Morgan fingerprint density at radius 2 is 2.33 bits per heavy atom. The van der Waals surface area contributed by atoms with Gasteiger partial charge in [0.1, 0.15) is 11.0 Å². The van der Waals surface area contributed by atoms with Gasteiger partial charge in [0.2, 0.25) is 0 Å². The summed E-state index contributed by atoms with van der Waals surface area (Å²) in [6.45, 7) is 0. The van der Waals surface area contributed by atoms with Crippen LogP contribution in [-0.4, -0.2) is 9.97 Å². The second kappa shape index (κ2) is 3.30. The Labute approximate surface area is 84.5 Å². The Hall–Kier alpha value is -0.150. The average Bonchev–Trinajstić information content (AvgIpc) is 2.81. The predicted octanol–water partition coefficient (Wildman–Crippen LogP) is 2.85. The second-order valence-corrected chi connectivity index (χ2v) is 4.28. The summed E-state index contributed by atoms with van der Waals surface area (Å²) < 4.78 is 0.767. The van der Waals surface area contributed by atoms with E-state index in [2.05, 4.69) is 25.9 Å². The van der Waals surface area contributed by atoms with E-state index >= 15 is 0 Å². The summed E-state index contributed by atoms with van der Waals surface area (Å²) in [6, 6.07) is 0. The quantitative estimate of drug-likeness (QED) is 0.751. The molecule has 4 heteroatoms. The Morgan fingerprint density at radius 1 is 1.58 bits per heavy atom. The SMILES string of the molecule is Clc1nc(CC2CC2)ncc1Br. The molecule has 2 rings (SSSR count). The van der Waals surface area contributed by atoms with Crippen molar-refractivity contribution in [3.8, 4) is 0 Å². The third-order valence-corrected chi connectivity index (χ3v) is 3.02. The number of hydrogen-bond donors (Lipinski definition) is 0. The summed E-state index contributed by atoms with van der Waals surface area (Å²) in [5.41, 5.74) is 0. The van der Waals surface area contributed by atoms with Crippen molar-refractivity contribution in [3.63, 3.8) is 0 Å². The van der Waals surface area contributed by atoms with Gasteiger partial charge in [0, 0.05) is 12.6 Å². The van der Waals surface area contributed by atoms with E-state index in [-0.39, 0.29) is 0 Å². The van der Waals surface area contributed by atoms with E-state index in [0.717, 1.165) is 22.6 Å². The summed E-state index contributed by atoms with van der Waals surface area (Å²) in [6.07, 6.45) is 5.33. The van der Waals surface area contributed by atoms with Gasteiger partial charge < -0.3 is 0 Å². The zero-order chi connectivity index (χ0) is 8.55. The van der Waals surface area contributed by atoms with Crippen LogP contribution in [0.1, 0.15) is 18.7 Å². The van der Waals surface area contributed by atoms with Crippen molar-refractivity contribution in [3.05, 3.63) is 21.6 Å². The Kier molecular flexibility index (Phi) is 2.33. The molecule has 2 nitrogen and oxygen atoms in total. The highest BCUT2D eigenvalue weighted by atomic mass is 79.9. The van der Waals surface area contributed by atoms with E-state index in [4.69, 9.17) is 11.6 Å². The van der Waals surface area contributed by atoms with Crippen LogP contribution < -0.4 is 0 Å². The molecule has 1 fully saturated rings. The molecule has 1 aliphatic rings. The van der Waals surface area contributed by atoms with Crippen LogP contribution in [0.25, 0.3) is 0 Å². The van der Waals surface area contributed by atoms with Gasteiger partial charge in [-0.15, -0.1) is 0 Å². The molecule has 0 spiro atoms. The van der Waals surface area contributed by atoms with E-state index in [1.54, 1.807) is 6.20 Å². The van der Waals surface area contributed by atoms with E-state index in [9.17, 15) is 0 Å². The van der Waals surface area contributed by atoms with Crippen LogP contribution in [0.3, 0.4) is 0 Å². The lowest BCUT2D eigenvalue weighted by Gasteiger charge is -1.98. The molecule has 0 atom stereocenters. The van der Waals surface area contributed by atoms with E-state index < -0.39 is 0 Å². The lowest BCUT2D eigenvalue weighted by atomic mass is 10.3. The van der Waals surface area contributed by atoms with Crippen LogP contribution in [0.2, 0.25) is 5.15 Å². The molecule has 1 saturated carbocycles. The number of rotatable bonds is 2. The molecule has 1 aromatic heterocycles. The highest BCUT2D eigenvalue weighted by Gasteiger charge is 2.22. The van der Waals surface area contributed by atoms with Crippen LogP contribution in [0, 0.1) is 5.92 Å². The van der Waals surface area contributed by atoms with Crippen molar-refractivity contribution < 1.29 is 0 Å².